The molecule has 0 saturated heterocycles. The van der Waals surface area contributed by atoms with Crippen molar-refractivity contribution in [3.8, 4) is 0 Å². The Kier molecular flexibility index (Phi) is 8.21. The Morgan fingerprint density at radius 1 is 1.23 bits per heavy atom. The van der Waals surface area contributed by atoms with E-state index < -0.39 is 0 Å². The fourth-order valence-electron chi connectivity index (χ4n) is 3.47. The highest BCUT2D eigenvalue weighted by molar-refractivity contribution is 14.0. The van der Waals surface area contributed by atoms with Crippen LogP contribution in [-0.2, 0) is 6.54 Å². The molecule has 1 unspecified atom stereocenters. The molecule has 2 aromatic rings. The number of rotatable bonds is 8. The number of aliphatic imine (C=N–C) groups is 1. The molecule has 1 heterocycles. The van der Waals surface area contributed by atoms with Gasteiger partial charge in [0, 0.05) is 44.4 Å². The molecule has 0 aliphatic heterocycles. The van der Waals surface area contributed by atoms with Crippen molar-refractivity contribution in [1.82, 2.24) is 20.1 Å². The number of benzene rings is 1. The summed E-state index contributed by atoms with van der Waals surface area (Å²) in [5.41, 5.74) is 1.31. The molecule has 1 aromatic carbocycles. The highest BCUT2D eigenvalue weighted by Crippen LogP contribution is 2.34. The summed E-state index contributed by atoms with van der Waals surface area (Å²) in [7, 11) is 6.18. The number of fused-ring (bicyclic) bond motifs is 1. The standard InChI is InChI=1S/C20H31N5.HI/c1-21-20(23-15-19(24(2)3)17-9-10-17)22-12-6-13-25-14-11-16-7-4-5-8-18(16)25;/h4-5,7-8,11,14,17,19H,6,9-10,12-13,15H2,1-3H3,(H2,21,22,23);1H. The molecule has 0 radical (unpaired) electrons. The molecule has 0 bridgehead atoms. The van der Waals surface area contributed by atoms with E-state index in [2.05, 4.69) is 75.7 Å². The number of likely N-dealkylation sites (N-methyl/N-ethyl adjacent to an activating group) is 1. The van der Waals surface area contributed by atoms with Crippen LogP contribution in [0.1, 0.15) is 19.3 Å². The molecular formula is C20H32IN5. The minimum atomic E-state index is 0. The number of guanidine groups is 1. The Hall–Kier alpha value is -1.28. The Labute approximate surface area is 174 Å². The lowest BCUT2D eigenvalue weighted by Crippen LogP contribution is -2.46. The molecule has 144 valence electrons. The molecule has 26 heavy (non-hydrogen) atoms. The Morgan fingerprint density at radius 3 is 2.69 bits per heavy atom. The summed E-state index contributed by atoms with van der Waals surface area (Å²) in [6.45, 7) is 2.89. The highest BCUT2D eigenvalue weighted by atomic mass is 127. The molecule has 0 amide bonds. The lowest BCUT2D eigenvalue weighted by atomic mass is 10.1. The van der Waals surface area contributed by atoms with E-state index in [1.807, 2.05) is 7.05 Å². The van der Waals surface area contributed by atoms with Crippen molar-refractivity contribution >= 4 is 40.8 Å². The van der Waals surface area contributed by atoms with Crippen molar-refractivity contribution in [2.24, 2.45) is 10.9 Å². The third-order valence-corrected chi connectivity index (χ3v) is 5.08. The van der Waals surface area contributed by atoms with Gasteiger partial charge in [-0.25, -0.2) is 0 Å². The quantitative estimate of drug-likeness (QED) is 0.270. The van der Waals surface area contributed by atoms with Crippen LogP contribution in [0.25, 0.3) is 10.9 Å². The molecule has 2 N–H and O–H groups in total. The van der Waals surface area contributed by atoms with Crippen molar-refractivity contribution in [2.75, 3.05) is 34.2 Å². The van der Waals surface area contributed by atoms with Gasteiger partial charge in [0.15, 0.2) is 5.96 Å². The lowest BCUT2D eigenvalue weighted by molar-refractivity contribution is 0.264. The number of nitrogens with zero attached hydrogens (tertiary/aromatic N) is 3. The summed E-state index contributed by atoms with van der Waals surface area (Å²) in [6, 6.07) is 11.3. The predicted molar refractivity (Wildman–Crippen MR) is 122 cm³/mol. The van der Waals surface area contributed by atoms with Crippen molar-refractivity contribution in [1.29, 1.82) is 0 Å². The summed E-state index contributed by atoms with van der Waals surface area (Å²) >= 11 is 0. The van der Waals surface area contributed by atoms with Crippen molar-refractivity contribution in [3.63, 3.8) is 0 Å². The van der Waals surface area contributed by atoms with Crippen LogP contribution in [0.5, 0.6) is 0 Å². The fraction of sp³-hybridized carbons (Fsp3) is 0.550. The molecule has 6 heteroatoms. The maximum Gasteiger partial charge on any atom is 0.191 e. The average Bonchev–Trinajstić information content (AvgIpc) is 3.37. The van der Waals surface area contributed by atoms with Gasteiger partial charge in [-0.1, -0.05) is 18.2 Å². The number of hydrogen-bond donors (Lipinski definition) is 2. The van der Waals surface area contributed by atoms with Gasteiger partial charge in [0.2, 0.25) is 0 Å². The number of halogens is 1. The van der Waals surface area contributed by atoms with Gasteiger partial charge in [0.05, 0.1) is 0 Å². The first-order valence-corrected chi connectivity index (χ1v) is 9.34. The summed E-state index contributed by atoms with van der Waals surface area (Å²) in [6.07, 6.45) is 5.97. The molecular weight excluding hydrogens is 437 g/mol. The smallest absolute Gasteiger partial charge is 0.191 e. The molecule has 0 spiro atoms. The number of aryl methyl sites for hydroxylation is 1. The molecule has 5 nitrogen and oxygen atoms in total. The second kappa shape index (κ2) is 10.2. The van der Waals surface area contributed by atoms with Crippen LogP contribution in [0.4, 0.5) is 0 Å². The van der Waals surface area contributed by atoms with Crippen LogP contribution in [0.15, 0.2) is 41.5 Å². The Balaban J connectivity index is 0.00000243. The number of aromatic nitrogens is 1. The predicted octanol–water partition coefficient (Wildman–Crippen LogP) is 3.15. The zero-order valence-electron chi connectivity index (χ0n) is 16.1. The second-order valence-corrected chi connectivity index (χ2v) is 7.17. The van der Waals surface area contributed by atoms with Gasteiger partial charge in [0.25, 0.3) is 0 Å². The van der Waals surface area contributed by atoms with Crippen molar-refractivity contribution in [2.45, 2.75) is 31.8 Å². The molecule has 1 atom stereocenters. The van der Waals surface area contributed by atoms with E-state index in [4.69, 9.17) is 0 Å². The molecule has 1 aromatic heterocycles. The number of nitrogens with one attached hydrogen (secondary N) is 2. The lowest BCUT2D eigenvalue weighted by Gasteiger charge is -2.25. The average molecular weight is 469 g/mol. The van der Waals surface area contributed by atoms with Gasteiger partial charge in [-0.15, -0.1) is 24.0 Å². The summed E-state index contributed by atoms with van der Waals surface area (Å²) < 4.78 is 2.32. The normalized spacial score (nSPS) is 15.8. The monoisotopic (exact) mass is 469 g/mol. The summed E-state index contributed by atoms with van der Waals surface area (Å²) in [4.78, 5) is 6.68. The van der Waals surface area contributed by atoms with E-state index >= 15 is 0 Å². The fourth-order valence-corrected chi connectivity index (χ4v) is 3.47. The summed E-state index contributed by atoms with van der Waals surface area (Å²) in [5, 5.41) is 8.23. The van der Waals surface area contributed by atoms with Gasteiger partial charge in [-0.3, -0.25) is 4.99 Å². The SMILES string of the molecule is CN=C(NCCCn1ccc2ccccc21)NCC(C1CC1)N(C)C.I. The maximum atomic E-state index is 4.35. The zero-order valence-corrected chi connectivity index (χ0v) is 18.4. The van der Waals surface area contributed by atoms with Crippen LogP contribution < -0.4 is 10.6 Å². The van der Waals surface area contributed by atoms with Gasteiger partial charge < -0.3 is 20.1 Å². The maximum absolute atomic E-state index is 4.35. The molecule has 3 rings (SSSR count). The van der Waals surface area contributed by atoms with Crippen LogP contribution in [0.2, 0.25) is 0 Å². The first-order valence-electron chi connectivity index (χ1n) is 9.34. The van der Waals surface area contributed by atoms with Crippen molar-refractivity contribution in [3.05, 3.63) is 36.5 Å². The molecule has 1 aliphatic rings. The van der Waals surface area contributed by atoms with Gasteiger partial charge in [-0.2, -0.15) is 0 Å². The minimum absolute atomic E-state index is 0. The van der Waals surface area contributed by atoms with Crippen LogP contribution in [-0.4, -0.2) is 55.7 Å². The zero-order chi connectivity index (χ0) is 17.6. The van der Waals surface area contributed by atoms with Crippen LogP contribution in [0, 0.1) is 5.92 Å². The number of hydrogen-bond acceptors (Lipinski definition) is 2. The van der Waals surface area contributed by atoms with Gasteiger partial charge >= 0.3 is 0 Å². The summed E-state index contributed by atoms with van der Waals surface area (Å²) in [5.74, 6) is 1.76. The van der Waals surface area contributed by atoms with E-state index in [1.54, 1.807) is 0 Å². The molecule has 1 fully saturated rings. The second-order valence-electron chi connectivity index (χ2n) is 7.17. The Bertz CT molecular complexity index is 703. The van der Waals surface area contributed by atoms with Crippen LogP contribution >= 0.6 is 24.0 Å². The van der Waals surface area contributed by atoms with E-state index in [-0.39, 0.29) is 24.0 Å². The Morgan fingerprint density at radius 2 is 2.00 bits per heavy atom. The van der Waals surface area contributed by atoms with E-state index in [9.17, 15) is 0 Å². The van der Waals surface area contributed by atoms with Crippen molar-refractivity contribution < 1.29 is 0 Å². The van der Waals surface area contributed by atoms with E-state index in [0.717, 1.165) is 37.9 Å². The largest absolute Gasteiger partial charge is 0.356 e. The van der Waals surface area contributed by atoms with Gasteiger partial charge in [0.1, 0.15) is 0 Å². The van der Waals surface area contributed by atoms with Gasteiger partial charge in [-0.05, 0) is 56.8 Å². The first kappa shape index (κ1) is 21.0. The van der Waals surface area contributed by atoms with E-state index in [0.29, 0.717) is 6.04 Å². The third kappa shape index (κ3) is 5.61. The molecule has 1 saturated carbocycles. The minimum Gasteiger partial charge on any atom is -0.356 e. The highest BCUT2D eigenvalue weighted by Gasteiger charge is 2.32. The van der Waals surface area contributed by atoms with Crippen LogP contribution in [0.3, 0.4) is 0 Å². The third-order valence-electron chi connectivity index (χ3n) is 5.08. The number of para-hydroxylation sites is 1. The molecule has 1 aliphatic carbocycles. The topological polar surface area (TPSA) is 44.6 Å². The first-order chi connectivity index (χ1) is 12.2. The van der Waals surface area contributed by atoms with E-state index in [1.165, 1.54) is 23.7 Å².